The summed E-state index contributed by atoms with van der Waals surface area (Å²) >= 11 is 1.58. The number of aromatic nitrogens is 1. The molecule has 0 saturated carbocycles. The van der Waals surface area contributed by atoms with Crippen molar-refractivity contribution in [2.24, 2.45) is 0 Å². The minimum atomic E-state index is -0.279. The number of likely N-dealkylation sites (N-methyl/N-ethyl adjacent to an activating group) is 1. The molecule has 28 heavy (non-hydrogen) atoms. The Kier molecular flexibility index (Phi) is 7.22. The van der Waals surface area contributed by atoms with Gasteiger partial charge < -0.3 is 20.3 Å². The van der Waals surface area contributed by atoms with Crippen LogP contribution in [0.3, 0.4) is 0 Å². The number of amides is 2. The molecule has 148 valence electrons. The lowest BCUT2D eigenvalue weighted by atomic mass is 10.3. The van der Waals surface area contributed by atoms with Gasteiger partial charge in [-0.1, -0.05) is 38.1 Å². The van der Waals surface area contributed by atoms with Gasteiger partial charge in [0, 0.05) is 6.54 Å². The summed E-state index contributed by atoms with van der Waals surface area (Å²) < 4.78 is 7.00. The molecule has 0 fully saturated rings. The van der Waals surface area contributed by atoms with Crippen molar-refractivity contribution in [3.63, 3.8) is 0 Å². The molecule has 0 saturated heterocycles. The molecule has 0 bridgehead atoms. The van der Waals surface area contributed by atoms with Crippen molar-refractivity contribution in [2.45, 2.75) is 20.4 Å². The summed E-state index contributed by atoms with van der Waals surface area (Å²) in [6, 6.07) is 15.2. The fraction of sp³-hybridized carbons (Fsp3) is 0.333. The van der Waals surface area contributed by atoms with Crippen LogP contribution < -0.4 is 15.4 Å². The molecule has 0 atom stereocenters. The quantitative estimate of drug-likeness (QED) is 0.563. The third-order valence-corrected chi connectivity index (χ3v) is 5.47. The van der Waals surface area contributed by atoms with Crippen molar-refractivity contribution in [3.05, 3.63) is 53.5 Å². The molecule has 0 unspecified atom stereocenters. The first-order valence-electron chi connectivity index (χ1n) is 9.53. The Balaban J connectivity index is 1.53. The summed E-state index contributed by atoms with van der Waals surface area (Å²) in [7, 11) is 0. The Labute approximate surface area is 169 Å². The second-order valence-electron chi connectivity index (χ2n) is 6.25. The van der Waals surface area contributed by atoms with Crippen molar-refractivity contribution in [1.29, 1.82) is 0 Å². The fourth-order valence-corrected chi connectivity index (χ4v) is 3.75. The van der Waals surface area contributed by atoms with Gasteiger partial charge in [-0.25, -0.2) is 9.78 Å². The monoisotopic (exact) mass is 398 g/mol. The van der Waals surface area contributed by atoms with Gasteiger partial charge in [0.2, 0.25) is 0 Å². The number of ether oxygens (including phenoxy) is 1. The lowest BCUT2D eigenvalue weighted by Crippen LogP contribution is -2.29. The van der Waals surface area contributed by atoms with Gasteiger partial charge in [-0.15, -0.1) is 11.3 Å². The smallest absolute Gasteiger partial charge is 0.319 e. The zero-order chi connectivity index (χ0) is 19.8. The molecule has 6 nitrogen and oxygen atoms in total. The van der Waals surface area contributed by atoms with Gasteiger partial charge in [-0.3, -0.25) is 0 Å². The summed E-state index contributed by atoms with van der Waals surface area (Å²) in [5.41, 5.74) is 1.61. The Morgan fingerprint density at radius 1 is 1.11 bits per heavy atom. The molecule has 0 spiro atoms. The minimum absolute atomic E-state index is 0.279. The highest BCUT2D eigenvalue weighted by molar-refractivity contribution is 7.18. The molecule has 2 amide bonds. The summed E-state index contributed by atoms with van der Waals surface area (Å²) in [5, 5.41) is 6.61. The Morgan fingerprint density at radius 2 is 1.86 bits per heavy atom. The molecule has 2 aromatic carbocycles. The molecule has 3 aromatic rings. The van der Waals surface area contributed by atoms with E-state index < -0.39 is 0 Å². The van der Waals surface area contributed by atoms with E-state index in [2.05, 4.69) is 34.4 Å². The van der Waals surface area contributed by atoms with Crippen LogP contribution in [0.1, 0.15) is 18.9 Å². The van der Waals surface area contributed by atoms with E-state index in [-0.39, 0.29) is 6.03 Å². The summed E-state index contributed by atoms with van der Waals surface area (Å²) in [6.07, 6.45) is 0. The van der Waals surface area contributed by atoms with E-state index in [1.54, 1.807) is 11.3 Å². The van der Waals surface area contributed by atoms with E-state index in [0.717, 1.165) is 34.9 Å². The van der Waals surface area contributed by atoms with Crippen LogP contribution in [0.25, 0.3) is 10.2 Å². The predicted molar refractivity (Wildman–Crippen MR) is 115 cm³/mol. The third-order valence-electron chi connectivity index (χ3n) is 4.43. The number of benzene rings is 2. The zero-order valence-corrected chi connectivity index (χ0v) is 17.1. The lowest BCUT2D eigenvalue weighted by molar-refractivity contribution is 0.223. The highest BCUT2D eigenvalue weighted by atomic mass is 32.1. The maximum absolute atomic E-state index is 12.3. The van der Waals surface area contributed by atoms with Crippen LogP contribution in [0.2, 0.25) is 0 Å². The second kappa shape index (κ2) is 10.1. The Bertz CT molecular complexity index is 875. The van der Waals surface area contributed by atoms with E-state index in [1.807, 2.05) is 48.5 Å². The van der Waals surface area contributed by atoms with Crippen LogP contribution in [-0.4, -0.2) is 42.2 Å². The van der Waals surface area contributed by atoms with Crippen LogP contribution >= 0.6 is 11.3 Å². The first-order valence-corrected chi connectivity index (χ1v) is 10.3. The van der Waals surface area contributed by atoms with Crippen molar-refractivity contribution in [1.82, 2.24) is 15.2 Å². The van der Waals surface area contributed by atoms with E-state index >= 15 is 0 Å². The normalized spacial score (nSPS) is 11.0. The molecular weight excluding hydrogens is 372 g/mol. The fourth-order valence-electron chi connectivity index (χ4n) is 2.84. The summed E-state index contributed by atoms with van der Waals surface area (Å²) in [4.78, 5) is 19.1. The number of nitrogens with one attached hydrogen (secondary N) is 2. The third kappa shape index (κ3) is 5.43. The Morgan fingerprint density at radius 3 is 2.64 bits per heavy atom. The van der Waals surface area contributed by atoms with Crippen molar-refractivity contribution < 1.29 is 9.53 Å². The summed E-state index contributed by atoms with van der Waals surface area (Å²) in [6.45, 7) is 8.07. The van der Waals surface area contributed by atoms with Gasteiger partial charge in [0.05, 0.1) is 22.4 Å². The number of thiazole rings is 1. The number of urea groups is 1. The van der Waals surface area contributed by atoms with Crippen molar-refractivity contribution in [2.75, 3.05) is 31.6 Å². The van der Waals surface area contributed by atoms with Gasteiger partial charge in [0.15, 0.2) is 0 Å². The van der Waals surface area contributed by atoms with Crippen LogP contribution in [0.4, 0.5) is 10.5 Å². The Hall–Kier alpha value is -2.64. The maximum Gasteiger partial charge on any atom is 0.319 e. The van der Waals surface area contributed by atoms with E-state index in [0.29, 0.717) is 24.6 Å². The molecule has 0 aliphatic heterocycles. The number of para-hydroxylation sites is 3. The number of hydrogen-bond acceptors (Lipinski definition) is 5. The van der Waals surface area contributed by atoms with Crippen molar-refractivity contribution in [3.8, 4) is 5.75 Å². The second-order valence-corrected chi connectivity index (χ2v) is 7.37. The molecular formula is C21H26N4O2S. The number of fused-ring (bicyclic) bond motifs is 1. The van der Waals surface area contributed by atoms with Crippen LogP contribution in [0, 0.1) is 0 Å². The molecule has 3 rings (SSSR count). The van der Waals surface area contributed by atoms with E-state index in [9.17, 15) is 4.79 Å². The number of nitrogens with zero attached hydrogens (tertiary/aromatic N) is 2. The van der Waals surface area contributed by atoms with Gasteiger partial charge in [-0.2, -0.15) is 0 Å². The number of carbonyl (C=O) groups is 1. The zero-order valence-electron chi connectivity index (χ0n) is 16.3. The first kappa shape index (κ1) is 20.1. The van der Waals surface area contributed by atoms with Crippen LogP contribution in [-0.2, 0) is 6.54 Å². The number of rotatable bonds is 9. The standard InChI is InChI=1S/C21H26N4O2S/c1-3-25(4-2)13-14-27-18-11-7-5-9-16(18)24-21(26)22-15-20-23-17-10-6-8-12-19(17)28-20/h5-12H,3-4,13-15H2,1-2H3,(H2,22,24,26). The number of hydrogen-bond donors (Lipinski definition) is 2. The van der Waals surface area contributed by atoms with Gasteiger partial charge >= 0.3 is 6.03 Å². The maximum atomic E-state index is 12.3. The number of carbonyl (C=O) groups excluding carboxylic acids is 1. The minimum Gasteiger partial charge on any atom is -0.490 e. The molecule has 1 aromatic heterocycles. The van der Waals surface area contributed by atoms with Gasteiger partial charge in [-0.05, 0) is 37.4 Å². The molecule has 0 aliphatic rings. The summed E-state index contributed by atoms with van der Waals surface area (Å²) in [5.74, 6) is 0.671. The molecule has 0 aliphatic carbocycles. The molecule has 0 radical (unpaired) electrons. The van der Waals surface area contributed by atoms with E-state index in [4.69, 9.17) is 4.74 Å². The van der Waals surface area contributed by atoms with Crippen LogP contribution in [0.5, 0.6) is 5.75 Å². The lowest BCUT2D eigenvalue weighted by Gasteiger charge is -2.19. The van der Waals surface area contributed by atoms with Crippen molar-refractivity contribution >= 4 is 33.3 Å². The highest BCUT2D eigenvalue weighted by Crippen LogP contribution is 2.24. The SMILES string of the molecule is CCN(CC)CCOc1ccccc1NC(=O)NCc1nc2ccccc2s1. The topological polar surface area (TPSA) is 66.5 Å². The largest absolute Gasteiger partial charge is 0.490 e. The molecule has 2 N–H and O–H groups in total. The average Bonchev–Trinajstić information content (AvgIpc) is 3.14. The average molecular weight is 399 g/mol. The van der Waals surface area contributed by atoms with Crippen LogP contribution in [0.15, 0.2) is 48.5 Å². The predicted octanol–water partition coefficient (Wildman–Crippen LogP) is 4.34. The van der Waals surface area contributed by atoms with Gasteiger partial charge in [0.25, 0.3) is 0 Å². The first-order chi connectivity index (χ1) is 13.7. The molecule has 7 heteroatoms. The molecule has 1 heterocycles. The number of anilines is 1. The van der Waals surface area contributed by atoms with Gasteiger partial charge in [0.1, 0.15) is 17.4 Å². The highest BCUT2D eigenvalue weighted by Gasteiger charge is 2.09. The van der Waals surface area contributed by atoms with E-state index in [1.165, 1.54) is 0 Å².